The van der Waals surface area contributed by atoms with E-state index in [1.807, 2.05) is 19.1 Å². The van der Waals surface area contributed by atoms with Crippen LogP contribution in [0.15, 0.2) is 16.6 Å². The molecular formula is C11H16BrNO2. The Morgan fingerprint density at radius 1 is 1.53 bits per heavy atom. The minimum absolute atomic E-state index is 0.0872. The Labute approximate surface area is 98.4 Å². The summed E-state index contributed by atoms with van der Waals surface area (Å²) in [6, 6.07) is 3.68. The molecule has 1 rings (SSSR count). The highest BCUT2D eigenvalue weighted by Crippen LogP contribution is 2.31. The molecule has 0 radical (unpaired) electrons. The highest BCUT2D eigenvalue weighted by Gasteiger charge is 2.12. The van der Waals surface area contributed by atoms with Gasteiger partial charge < -0.3 is 15.6 Å². The Balaban J connectivity index is 3.09. The Bertz CT molecular complexity index is 342. The molecule has 15 heavy (non-hydrogen) atoms. The Morgan fingerprint density at radius 2 is 2.20 bits per heavy atom. The van der Waals surface area contributed by atoms with Crippen molar-refractivity contribution in [1.82, 2.24) is 0 Å². The maximum atomic E-state index is 8.86. The molecule has 1 atom stereocenters. The van der Waals surface area contributed by atoms with Crippen LogP contribution in [-0.2, 0) is 0 Å². The zero-order valence-electron chi connectivity index (χ0n) is 8.96. The average Bonchev–Trinajstić information content (AvgIpc) is 2.22. The molecule has 1 aromatic carbocycles. The average molecular weight is 274 g/mol. The summed E-state index contributed by atoms with van der Waals surface area (Å²) in [5, 5.41) is 8.86. The molecule has 4 heteroatoms. The van der Waals surface area contributed by atoms with Gasteiger partial charge in [-0.15, -0.1) is 0 Å². The van der Waals surface area contributed by atoms with E-state index in [9.17, 15) is 0 Å². The molecule has 1 aromatic rings. The first-order valence-electron chi connectivity index (χ1n) is 4.80. The second kappa shape index (κ2) is 5.49. The number of ether oxygens (including phenoxy) is 1. The largest absolute Gasteiger partial charge is 0.497 e. The van der Waals surface area contributed by atoms with Crippen LogP contribution in [0.5, 0.6) is 5.75 Å². The van der Waals surface area contributed by atoms with Gasteiger partial charge in [0.15, 0.2) is 0 Å². The van der Waals surface area contributed by atoms with E-state index in [2.05, 4.69) is 15.9 Å². The number of halogens is 1. The van der Waals surface area contributed by atoms with Gasteiger partial charge in [-0.05, 0) is 36.6 Å². The molecule has 3 nitrogen and oxygen atoms in total. The van der Waals surface area contributed by atoms with Gasteiger partial charge in [0.05, 0.1) is 7.11 Å². The number of aliphatic hydroxyl groups excluding tert-OH is 1. The molecular weight excluding hydrogens is 258 g/mol. The fourth-order valence-corrected chi connectivity index (χ4v) is 1.97. The predicted molar refractivity (Wildman–Crippen MR) is 64.1 cm³/mol. The van der Waals surface area contributed by atoms with Gasteiger partial charge in [0.2, 0.25) is 0 Å². The van der Waals surface area contributed by atoms with E-state index in [-0.39, 0.29) is 12.6 Å². The molecule has 0 saturated heterocycles. The molecule has 0 amide bonds. The lowest BCUT2D eigenvalue weighted by Crippen LogP contribution is -2.13. The number of nitrogens with two attached hydrogens (primary N) is 1. The third kappa shape index (κ3) is 2.93. The highest BCUT2D eigenvalue weighted by atomic mass is 79.9. The molecule has 84 valence electrons. The normalized spacial score (nSPS) is 12.6. The maximum Gasteiger partial charge on any atom is 0.119 e. The van der Waals surface area contributed by atoms with Gasteiger partial charge in [0.1, 0.15) is 5.75 Å². The van der Waals surface area contributed by atoms with E-state index in [0.29, 0.717) is 6.42 Å². The van der Waals surface area contributed by atoms with Crippen LogP contribution >= 0.6 is 15.9 Å². The summed E-state index contributed by atoms with van der Waals surface area (Å²) < 4.78 is 6.17. The minimum Gasteiger partial charge on any atom is -0.497 e. The maximum absolute atomic E-state index is 8.86. The van der Waals surface area contributed by atoms with Gasteiger partial charge in [-0.2, -0.15) is 0 Å². The third-order valence-corrected chi connectivity index (χ3v) is 3.41. The SMILES string of the molecule is COc1cc(C)c(Br)c(C(N)CCO)c1. The van der Waals surface area contributed by atoms with Crippen LogP contribution in [0.2, 0.25) is 0 Å². The van der Waals surface area contributed by atoms with E-state index >= 15 is 0 Å². The van der Waals surface area contributed by atoms with E-state index in [4.69, 9.17) is 15.6 Å². The van der Waals surface area contributed by atoms with Crippen molar-refractivity contribution < 1.29 is 9.84 Å². The molecule has 0 spiro atoms. The van der Waals surface area contributed by atoms with Crippen LogP contribution in [-0.4, -0.2) is 18.8 Å². The number of aryl methyl sites for hydroxylation is 1. The topological polar surface area (TPSA) is 55.5 Å². The number of aliphatic hydroxyl groups is 1. The molecule has 0 fully saturated rings. The van der Waals surface area contributed by atoms with Crippen molar-refractivity contribution in [3.05, 3.63) is 27.7 Å². The molecule has 3 N–H and O–H groups in total. The monoisotopic (exact) mass is 273 g/mol. The lowest BCUT2D eigenvalue weighted by Gasteiger charge is -2.15. The molecule has 0 bridgehead atoms. The summed E-state index contributed by atoms with van der Waals surface area (Å²) in [5.41, 5.74) is 8.01. The van der Waals surface area contributed by atoms with Gasteiger partial charge in [0.25, 0.3) is 0 Å². The van der Waals surface area contributed by atoms with Gasteiger partial charge in [0, 0.05) is 17.1 Å². The van der Waals surface area contributed by atoms with Crippen molar-refractivity contribution in [3.63, 3.8) is 0 Å². The van der Waals surface area contributed by atoms with Gasteiger partial charge in [-0.1, -0.05) is 15.9 Å². The van der Waals surface area contributed by atoms with Gasteiger partial charge >= 0.3 is 0 Å². The van der Waals surface area contributed by atoms with Crippen LogP contribution in [0, 0.1) is 6.92 Å². The molecule has 1 unspecified atom stereocenters. The number of hydrogen-bond acceptors (Lipinski definition) is 3. The van der Waals surface area contributed by atoms with E-state index in [1.165, 1.54) is 0 Å². The first-order valence-corrected chi connectivity index (χ1v) is 5.60. The molecule has 0 aliphatic carbocycles. The lowest BCUT2D eigenvalue weighted by atomic mass is 10.0. The smallest absolute Gasteiger partial charge is 0.119 e. The minimum atomic E-state index is -0.168. The molecule has 0 aliphatic rings. The van der Waals surface area contributed by atoms with Gasteiger partial charge in [-0.3, -0.25) is 0 Å². The predicted octanol–water partition coefficient (Wildman–Crippen LogP) is 2.15. The summed E-state index contributed by atoms with van der Waals surface area (Å²) in [6.07, 6.45) is 0.547. The molecule has 0 aromatic heterocycles. The summed E-state index contributed by atoms with van der Waals surface area (Å²) in [7, 11) is 1.63. The summed E-state index contributed by atoms with van der Waals surface area (Å²) >= 11 is 3.50. The molecule has 0 saturated carbocycles. The standard InChI is InChI=1S/C11H16BrNO2/c1-7-5-8(15-2)6-9(11(7)12)10(13)3-4-14/h5-6,10,14H,3-4,13H2,1-2H3. The van der Waals surface area contributed by atoms with Crippen LogP contribution in [0.3, 0.4) is 0 Å². The molecule has 0 aliphatic heterocycles. The van der Waals surface area contributed by atoms with Gasteiger partial charge in [-0.25, -0.2) is 0 Å². The van der Waals surface area contributed by atoms with E-state index in [1.54, 1.807) is 7.11 Å². The van der Waals surface area contributed by atoms with Crippen molar-refractivity contribution in [2.45, 2.75) is 19.4 Å². The van der Waals surface area contributed by atoms with Crippen LogP contribution in [0.25, 0.3) is 0 Å². The first kappa shape index (κ1) is 12.5. The second-order valence-corrected chi connectivity index (χ2v) is 4.26. The molecule has 0 heterocycles. The van der Waals surface area contributed by atoms with Crippen LogP contribution in [0.1, 0.15) is 23.6 Å². The Hall–Kier alpha value is -0.580. The van der Waals surface area contributed by atoms with Crippen LogP contribution in [0.4, 0.5) is 0 Å². The first-order chi connectivity index (χ1) is 7.10. The zero-order valence-corrected chi connectivity index (χ0v) is 10.5. The zero-order chi connectivity index (χ0) is 11.4. The van der Waals surface area contributed by atoms with Crippen LogP contribution < -0.4 is 10.5 Å². The number of rotatable bonds is 4. The Morgan fingerprint density at radius 3 is 2.73 bits per heavy atom. The summed E-state index contributed by atoms with van der Waals surface area (Å²) in [4.78, 5) is 0. The van der Waals surface area contributed by atoms with Crippen molar-refractivity contribution in [2.75, 3.05) is 13.7 Å². The Kier molecular flexibility index (Phi) is 4.57. The van der Waals surface area contributed by atoms with Crippen molar-refractivity contribution in [3.8, 4) is 5.75 Å². The summed E-state index contributed by atoms with van der Waals surface area (Å²) in [5.74, 6) is 0.791. The number of methoxy groups -OCH3 is 1. The summed E-state index contributed by atoms with van der Waals surface area (Å²) in [6.45, 7) is 2.08. The quantitative estimate of drug-likeness (QED) is 0.884. The fraction of sp³-hybridized carbons (Fsp3) is 0.455. The number of benzene rings is 1. The number of hydrogen-bond donors (Lipinski definition) is 2. The van der Waals surface area contributed by atoms with Crippen molar-refractivity contribution in [2.24, 2.45) is 5.73 Å². The van der Waals surface area contributed by atoms with E-state index in [0.717, 1.165) is 21.3 Å². The second-order valence-electron chi connectivity index (χ2n) is 3.47. The highest BCUT2D eigenvalue weighted by molar-refractivity contribution is 9.10. The third-order valence-electron chi connectivity index (χ3n) is 2.33. The van der Waals surface area contributed by atoms with Crippen molar-refractivity contribution in [1.29, 1.82) is 0 Å². The fourth-order valence-electron chi connectivity index (χ4n) is 1.44. The lowest BCUT2D eigenvalue weighted by molar-refractivity contribution is 0.276. The van der Waals surface area contributed by atoms with E-state index < -0.39 is 0 Å². The van der Waals surface area contributed by atoms with Crippen molar-refractivity contribution >= 4 is 15.9 Å².